The molecule has 1 unspecified atom stereocenters. The fraction of sp³-hybridized carbons (Fsp3) is 0.400. The van der Waals surface area contributed by atoms with Crippen LogP contribution in [0.3, 0.4) is 0 Å². The van der Waals surface area contributed by atoms with Gasteiger partial charge in [0.2, 0.25) is 0 Å². The third-order valence-corrected chi connectivity index (χ3v) is 6.58. The molecule has 1 fully saturated rings. The highest BCUT2D eigenvalue weighted by atomic mass is 16.6. The van der Waals surface area contributed by atoms with Crippen LogP contribution in [0.4, 0.5) is 4.79 Å². The van der Waals surface area contributed by atoms with Crippen molar-refractivity contribution >= 4 is 18.0 Å². The van der Waals surface area contributed by atoms with Gasteiger partial charge in [-0.25, -0.2) is 9.59 Å². The third kappa shape index (κ3) is 4.43. The van der Waals surface area contributed by atoms with E-state index in [-0.39, 0.29) is 25.6 Å². The number of alkyl carbamates (subject to hydrolysis) is 1. The number of rotatable bonds is 7. The van der Waals surface area contributed by atoms with Crippen LogP contribution < -0.4 is 10.6 Å². The molecule has 0 radical (unpaired) electrons. The zero-order valence-electron chi connectivity index (χ0n) is 18.7. The fourth-order valence-corrected chi connectivity index (χ4v) is 4.42. The van der Waals surface area contributed by atoms with E-state index < -0.39 is 35.7 Å². The predicted octanol–water partition coefficient (Wildman–Crippen LogP) is 3.05. The van der Waals surface area contributed by atoms with Gasteiger partial charge in [-0.2, -0.15) is 0 Å². The van der Waals surface area contributed by atoms with Gasteiger partial charge >= 0.3 is 12.1 Å². The maximum Gasteiger partial charge on any atom is 0.407 e. The Morgan fingerprint density at radius 3 is 2.27 bits per heavy atom. The Hall–Kier alpha value is -3.39. The number of ether oxygens (including phenoxy) is 2. The summed E-state index contributed by atoms with van der Waals surface area (Å²) < 4.78 is 11.1. The number of carboxylic acids is 1. The lowest BCUT2D eigenvalue weighted by Gasteiger charge is -2.27. The Balaban J connectivity index is 1.38. The van der Waals surface area contributed by atoms with Crippen molar-refractivity contribution in [2.45, 2.75) is 50.3 Å². The molecule has 1 saturated heterocycles. The van der Waals surface area contributed by atoms with Gasteiger partial charge in [-0.1, -0.05) is 55.5 Å². The Kier molecular flexibility index (Phi) is 6.37. The lowest BCUT2D eigenvalue weighted by Crippen LogP contribution is -2.57. The van der Waals surface area contributed by atoms with Gasteiger partial charge < -0.3 is 25.2 Å². The van der Waals surface area contributed by atoms with Crippen molar-refractivity contribution in [1.82, 2.24) is 10.6 Å². The molecule has 2 amide bonds. The summed E-state index contributed by atoms with van der Waals surface area (Å²) in [6, 6.07) is 15.5. The summed E-state index contributed by atoms with van der Waals surface area (Å²) >= 11 is 0. The average molecular weight is 453 g/mol. The van der Waals surface area contributed by atoms with Gasteiger partial charge in [-0.15, -0.1) is 0 Å². The largest absolute Gasteiger partial charge is 0.480 e. The molecular formula is C25H28N2O6. The zero-order chi connectivity index (χ0) is 23.6. The molecule has 0 spiro atoms. The average Bonchev–Trinajstić information content (AvgIpc) is 3.40. The quantitative estimate of drug-likeness (QED) is 0.595. The van der Waals surface area contributed by atoms with E-state index in [9.17, 15) is 19.5 Å². The number of carboxylic acid groups (broad SMARTS) is 1. The molecule has 3 N–H and O–H groups in total. The maximum atomic E-state index is 12.7. The molecule has 8 heteroatoms. The second kappa shape index (κ2) is 9.23. The van der Waals surface area contributed by atoms with Crippen LogP contribution in [0.15, 0.2) is 48.5 Å². The topological polar surface area (TPSA) is 114 Å². The summed E-state index contributed by atoms with van der Waals surface area (Å²) in [6.45, 7) is 3.56. The van der Waals surface area contributed by atoms with Crippen molar-refractivity contribution in [3.63, 3.8) is 0 Å². The number of amides is 2. The number of carbonyl (C=O) groups excluding carboxylic acids is 2. The first-order chi connectivity index (χ1) is 15.8. The number of nitrogens with one attached hydrogen (secondary N) is 2. The molecule has 0 saturated carbocycles. The van der Waals surface area contributed by atoms with Crippen LogP contribution >= 0.6 is 0 Å². The molecule has 0 aromatic heterocycles. The Labute approximate surface area is 192 Å². The normalized spacial score (nSPS) is 20.9. The van der Waals surface area contributed by atoms with Crippen LogP contribution in [0, 0.1) is 0 Å². The summed E-state index contributed by atoms with van der Waals surface area (Å²) in [5.41, 5.74) is 3.10. The Bertz CT molecular complexity index is 1020. The summed E-state index contributed by atoms with van der Waals surface area (Å²) in [5.74, 6) is -1.76. The van der Waals surface area contributed by atoms with E-state index >= 15 is 0 Å². The maximum absolute atomic E-state index is 12.7. The van der Waals surface area contributed by atoms with Crippen LogP contribution in [0.2, 0.25) is 0 Å². The molecule has 3 atom stereocenters. The number of aliphatic carboxylic acids is 1. The standard InChI is InChI=1S/C25H28N2O6/c1-3-25(2,23(29)30)27-22(28)21-20(12-13-32-21)26-24(31)33-14-19-17-10-6-4-8-15(17)16-9-5-7-11-18(16)19/h4-11,19-21H,3,12-14H2,1-2H3,(H,26,31)(H,27,28)(H,29,30)/t20-,21+,25?/m0/s1. The van der Waals surface area contributed by atoms with E-state index in [0.29, 0.717) is 6.42 Å². The van der Waals surface area contributed by atoms with E-state index in [1.807, 2.05) is 36.4 Å². The highest BCUT2D eigenvalue weighted by Crippen LogP contribution is 2.44. The van der Waals surface area contributed by atoms with Gasteiger partial charge in [0.15, 0.2) is 6.10 Å². The molecular weight excluding hydrogens is 424 g/mol. The van der Waals surface area contributed by atoms with Crippen molar-refractivity contribution in [2.24, 2.45) is 0 Å². The van der Waals surface area contributed by atoms with Gasteiger partial charge in [0.05, 0.1) is 6.04 Å². The van der Waals surface area contributed by atoms with E-state index in [1.165, 1.54) is 6.92 Å². The number of hydrogen-bond donors (Lipinski definition) is 3. The number of fused-ring (bicyclic) bond motifs is 3. The molecule has 2 aromatic carbocycles. The lowest BCUT2D eigenvalue weighted by atomic mass is 9.98. The second-order valence-corrected chi connectivity index (χ2v) is 8.64. The summed E-state index contributed by atoms with van der Waals surface area (Å²) in [5, 5.41) is 14.7. The summed E-state index contributed by atoms with van der Waals surface area (Å²) in [6.07, 6.45) is -0.971. The minimum atomic E-state index is -1.41. The second-order valence-electron chi connectivity index (χ2n) is 8.64. The van der Waals surface area contributed by atoms with Crippen molar-refractivity contribution in [3.8, 4) is 11.1 Å². The first-order valence-corrected chi connectivity index (χ1v) is 11.1. The van der Waals surface area contributed by atoms with Crippen LogP contribution in [-0.2, 0) is 19.1 Å². The van der Waals surface area contributed by atoms with Crippen molar-refractivity contribution in [3.05, 3.63) is 59.7 Å². The number of hydrogen-bond acceptors (Lipinski definition) is 5. The van der Waals surface area contributed by atoms with E-state index in [4.69, 9.17) is 9.47 Å². The van der Waals surface area contributed by atoms with Crippen LogP contribution in [-0.4, -0.2) is 54.0 Å². The van der Waals surface area contributed by atoms with Gasteiger partial charge in [0, 0.05) is 12.5 Å². The van der Waals surface area contributed by atoms with Crippen molar-refractivity contribution in [2.75, 3.05) is 13.2 Å². The molecule has 174 valence electrons. The Morgan fingerprint density at radius 2 is 1.70 bits per heavy atom. The molecule has 8 nitrogen and oxygen atoms in total. The van der Waals surface area contributed by atoms with Crippen molar-refractivity contribution < 1.29 is 29.0 Å². The first kappa shape index (κ1) is 22.8. The molecule has 0 bridgehead atoms. The Morgan fingerprint density at radius 1 is 1.09 bits per heavy atom. The van der Waals surface area contributed by atoms with Gasteiger partial charge in [-0.05, 0) is 42.0 Å². The molecule has 2 aliphatic rings. The summed E-state index contributed by atoms with van der Waals surface area (Å²) in [7, 11) is 0. The zero-order valence-corrected chi connectivity index (χ0v) is 18.7. The van der Waals surface area contributed by atoms with E-state index in [1.54, 1.807) is 6.92 Å². The number of carbonyl (C=O) groups is 3. The monoisotopic (exact) mass is 452 g/mol. The molecule has 1 heterocycles. The fourth-order valence-electron chi connectivity index (χ4n) is 4.42. The van der Waals surface area contributed by atoms with Crippen LogP contribution in [0.25, 0.3) is 11.1 Å². The molecule has 2 aromatic rings. The molecule has 33 heavy (non-hydrogen) atoms. The first-order valence-electron chi connectivity index (χ1n) is 11.1. The van der Waals surface area contributed by atoms with E-state index in [2.05, 4.69) is 22.8 Å². The molecule has 1 aliphatic carbocycles. The highest BCUT2D eigenvalue weighted by molar-refractivity contribution is 5.89. The van der Waals surface area contributed by atoms with Crippen LogP contribution in [0.5, 0.6) is 0 Å². The SMILES string of the molecule is CCC(C)(NC(=O)[C@@H]1OCC[C@@H]1NC(=O)OCC1c2ccccc2-c2ccccc21)C(=O)O. The molecule has 4 rings (SSSR count). The highest BCUT2D eigenvalue weighted by Gasteiger charge is 2.41. The smallest absolute Gasteiger partial charge is 0.407 e. The molecule has 1 aliphatic heterocycles. The van der Waals surface area contributed by atoms with Crippen molar-refractivity contribution in [1.29, 1.82) is 0 Å². The summed E-state index contributed by atoms with van der Waals surface area (Å²) in [4.78, 5) is 36.8. The minimum absolute atomic E-state index is 0.0668. The lowest BCUT2D eigenvalue weighted by molar-refractivity contribution is -0.149. The van der Waals surface area contributed by atoms with Crippen LogP contribution in [0.1, 0.15) is 43.7 Å². The van der Waals surface area contributed by atoms with Gasteiger partial charge in [0.1, 0.15) is 12.1 Å². The van der Waals surface area contributed by atoms with Gasteiger partial charge in [0.25, 0.3) is 5.91 Å². The van der Waals surface area contributed by atoms with Gasteiger partial charge in [-0.3, -0.25) is 4.79 Å². The predicted molar refractivity (Wildman–Crippen MR) is 121 cm³/mol. The third-order valence-electron chi connectivity index (χ3n) is 6.58. The minimum Gasteiger partial charge on any atom is -0.480 e. The number of benzene rings is 2. The van der Waals surface area contributed by atoms with E-state index in [0.717, 1.165) is 22.3 Å².